The summed E-state index contributed by atoms with van der Waals surface area (Å²) < 4.78 is 0. The van der Waals surface area contributed by atoms with Crippen molar-refractivity contribution in [1.29, 1.82) is 0 Å². The summed E-state index contributed by atoms with van der Waals surface area (Å²) in [5, 5.41) is 10.5. The van der Waals surface area contributed by atoms with Crippen LogP contribution in [-0.4, -0.2) is 83.6 Å². The second-order valence-electron chi connectivity index (χ2n) is 10.2. The highest BCUT2D eigenvalue weighted by Gasteiger charge is 2.32. The Labute approximate surface area is 244 Å². The summed E-state index contributed by atoms with van der Waals surface area (Å²) in [5.74, 6) is -2.97. The number of nitrogens with zero attached hydrogens (tertiary/aromatic N) is 2. The number of carbonyl (C=O) groups excluding carboxylic acids is 6. The van der Waals surface area contributed by atoms with Crippen LogP contribution in [0.4, 0.5) is 5.69 Å². The van der Waals surface area contributed by atoms with Gasteiger partial charge in [-0.3, -0.25) is 33.8 Å². The van der Waals surface area contributed by atoms with E-state index in [2.05, 4.69) is 26.3 Å². The van der Waals surface area contributed by atoms with Crippen LogP contribution in [0.3, 0.4) is 0 Å². The average molecular weight is 588 g/mol. The Morgan fingerprint density at radius 3 is 2.07 bits per heavy atom. The molecule has 0 aliphatic carbocycles. The number of amides is 6. The molecule has 0 radical (unpaired) electrons. The summed E-state index contributed by atoms with van der Waals surface area (Å²) in [4.78, 5) is 79.8. The Morgan fingerprint density at radius 2 is 1.50 bits per heavy atom. The Bertz CT molecular complexity index is 1180. The number of aliphatic imine (C=N–C) groups is 1. The van der Waals surface area contributed by atoms with E-state index in [9.17, 15) is 28.8 Å². The number of rotatable bonds is 15. The van der Waals surface area contributed by atoms with E-state index >= 15 is 0 Å². The molecule has 15 nitrogen and oxygen atoms in total. The quantitative estimate of drug-likeness (QED) is 0.0700. The van der Waals surface area contributed by atoms with Gasteiger partial charge in [0.1, 0.15) is 24.2 Å². The summed E-state index contributed by atoms with van der Waals surface area (Å²) in [6.45, 7) is 5.21. The number of likely N-dealkylation sites (tertiary alicyclic amines) is 1. The molecule has 0 bridgehead atoms. The Kier molecular flexibility index (Phi) is 12.7. The minimum atomic E-state index is -1.06. The summed E-state index contributed by atoms with van der Waals surface area (Å²) >= 11 is 0. The molecule has 42 heavy (non-hydrogen) atoms. The maximum Gasteiger partial charge on any atom is 0.246 e. The van der Waals surface area contributed by atoms with Gasteiger partial charge in [0.05, 0.1) is 6.42 Å². The van der Waals surface area contributed by atoms with Gasteiger partial charge >= 0.3 is 0 Å². The first kappa shape index (κ1) is 33.5. The second-order valence-corrected chi connectivity index (χ2v) is 10.2. The van der Waals surface area contributed by atoms with Gasteiger partial charge in [0.25, 0.3) is 0 Å². The SMILES string of the molecule is C[C@H](NC(=O)[C@H](CCCN=C(N)N)NC(=O)[C@H](C)NC(=O)[C@H](C)N1CCCC1=O)C(=O)Nc1ccc(CC(N)=O)cc1. The van der Waals surface area contributed by atoms with Crippen molar-refractivity contribution in [2.75, 3.05) is 18.4 Å². The number of benzene rings is 1. The topological polar surface area (TPSA) is 244 Å². The highest BCUT2D eigenvalue weighted by molar-refractivity contribution is 5.99. The van der Waals surface area contributed by atoms with Gasteiger partial charge in [0, 0.05) is 25.2 Å². The molecule has 1 aliphatic heterocycles. The highest BCUT2D eigenvalue weighted by Crippen LogP contribution is 2.14. The predicted molar refractivity (Wildman–Crippen MR) is 155 cm³/mol. The first-order chi connectivity index (χ1) is 19.8. The number of anilines is 1. The van der Waals surface area contributed by atoms with Crippen LogP contribution in [0.25, 0.3) is 0 Å². The molecule has 1 fully saturated rings. The number of guanidine groups is 1. The first-order valence-electron chi connectivity index (χ1n) is 13.7. The molecule has 0 spiro atoms. The van der Waals surface area contributed by atoms with Crippen LogP contribution in [0.2, 0.25) is 0 Å². The molecule has 1 aromatic rings. The van der Waals surface area contributed by atoms with Crippen LogP contribution in [0.1, 0.15) is 52.0 Å². The number of hydrogen-bond donors (Lipinski definition) is 7. The van der Waals surface area contributed by atoms with Crippen molar-refractivity contribution in [3.63, 3.8) is 0 Å². The summed E-state index contributed by atoms with van der Waals surface area (Å²) in [7, 11) is 0. The van der Waals surface area contributed by atoms with E-state index in [1.54, 1.807) is 31.2 Å². The van der Waals surface area contributed by atoms with Gasteiger partial charge in [-0.1, -0.05) is 12.1 Å². The number of hydrogen-bond acceptors (Lipinski definition) is 7. The minimum Gasteiger partial charge on any atom is -0.370 e. The number of nitrogens with two attached hydrogens (primary N) is 3. The minimum absolute atomic E-state index is 0.0659. The molecule has 2 rings (SSSR count). The molecule has 0 unspecified atom stereocenters. The van der Waals surface area contributed by atoms with Crippen molar-refractivity contribution in [2.24, 2.45) is 22.2 Å². The van der Waals surface area contributed by atoms with Crippen LogP contribution in [0, 0.1) is 0 Å². The second kappa shape index (κ2) is 15.9. The van der Waals surface area contributed by atoms with Crippen LogP contribution < -0.4 is 38.5 Å². The van der Waals surface area contributed by atoms with E-state index in [1.165, 1.54) is 18.7 Å². The van der Waals surface area contributed by atoms with Gasteiger partial charge in [-0.15, -0.1) is 0 Å². The van der Waals surface area contributed by atoms with E-state index in [0.717, 1.165) is 0 Å². The molecule has 6 amide bonds. The van der Waals surface area contributed by atoms with Crippen LogP contribution in [-0.2, 0) is 35.2 Å². The lowest BCUT2D eigenvalue weighted by molar-refractivity contribution is -0.138. The third-order valence-corrected chi connectivity index (χ3v) is 6.64. The molecule has 1 saturated heterocycles. The molecule has 1 heterocycles. The van der Waals surface area contributed by atoms with E-state index in [-0.39, 0.29) is 31.3 Å². The molecule has 4 atom stereocenters. The molecule has 230 valence electrons. The lowest BCUT2D eigenvalue weighted by Crippen LogP contribution is -2.56. The van der Waals surface area contributed by atoms with Crippen LogP contribution >= 0.6 is 0 Å². The Balaban J connectivity index is 2.00. The zero-order valence-electron chi connectivity index (χ0n) is 24.1. The monoisotopic (exact) mass is 587 g/mol. The average Bonchev–Trinajstić information content (AvgIpc) is 3.35. The van der Waals surface area contributed by atoms with Gasteiger partial charge < -0.3 is 43.4 Å². The van der Waals surface area contributed by atoms with Gasteiger partial charge in [-0.05, 0) is 57.7 Å². The van der Waals surface area contributed by atoms with Crippen molar-refractivity contribution in [1.82, 2.24) is 20.9 Å². The summed E-state index contributed by atoms with van der Waals surface area (Å²) in [5.41, 5.74) is 17.0. The fourth-order valence-corrected chi connectivity index (χ4v) is 4.23. The molecular weight excluding hydrogens is 546 g/mol. The van der Waals surface area contributed by atoms with Gasteiger partial charge in [-0.25, -0.2) is 0 Å². The largest absolute Gasteiger partial charge is 0.370 e. The first-order valence-corrected chi connectivity index (χ1v) is 13.7. The van der Waals surface area contributed by atoms with Gasteiger partial charge in [-0.2, -0.15) is 0 Å². The van der Waals surface area contributed by atoms with Crippen LogP contribution in [0.5, 0.6) is 0 Å². The van der Waals surface area contributed by atoms with Crippen LogP contribution in [0.15, 0.2) is 29.3 Å². The fourth-order valence-electron chi connectivity index (χ4n) is 4.23. The van der Waals surface area contributed by atoms with E-state index in [1.807, 2.05) is 0 Å². The zero-order valence-corrected chi connectivity index (χ0v) is 24.1. The van der Waals surface area contributed by atoms with Crippen molar-refractivity contribution < 1.29 is 28.8 Å². The normalized spacial score (nSPS) is 15.5. The predicted octanol–water partition coefficient (Wildman–Crippen LogP) is -1.79. The molecule has 0 saturated carbocycles. The maximum atomic E-state index is 13.1. The third kappa shape index (κ3) is 10.7. The fraction of sp³-hybridized carbons (Fsp3) is 0.519. The molecule has 1 aromatic carbocycles. The number of nitrogens with one attached hydrogen (secondary N) is 4. The molecule has 15 heteroatoms. The van der Waals surface area contributed by atoms with Crippen molar-refractivity contribution in [3.8, 4) is 0 Å². The smallest absolute Gasteiger partial charge is 0.246 e. The number of carbonyl (C=O) groups is 6. The molecule has 1 aliphatic rings. The summed E-state index contributed by atoms with van der Waals surface area (Å²) in [6.07, 6.45) is 1.59. The molecule has 0 aromatic heterocycles. The van der Waals surface area contributed by atoms with Crippen molar-refractivity contribution >= 4 is 47.1 Å². The third-order valence-electron chi connectivity index (χ3n) is 6.64. The maximum absolute atomic E-state index is 13.1. The molecule has 10 N–H and O–H groups in total. The van der Waals surface area contributed by atoms with E-state index in [0.29, 0.717) is 37.1 Å². The summed E-state index contributed by atoms with van der Waals surface area (Å²) in [6, 6.07) is 2.71. The molecular formula is C27H41N9O6. The van der Waals surface area contributed by atoms with E-state index < -0.39 is 53.7 Å². The highest BCUT2D eigenvalue weighted by atomic mass is 16.2. The van der Waals surface area contributed by atoms with Gasteiger partial charge in [0.2, 0.25) is 35.4 Å². The standard InChI is InChI=1S/C27H41N9O6/c1-15(23(39)34-19-10-8-18(9-11-19)14-21(28)37)33-26(42)20(6-4-12-31-27(29)30)35-24(40)16(2)32-25(41)17(3)36-13-5-7-22(36)38/h8-11,15-17,20H,4-7,12-14H2,1-3H3,(H2,28,37)(H,32,41)(H,33,42)(H,34,39)(H,35,40)(H4,29,30,31)/t15-,16-,17-,20-/m0/s1. The van der Waals surface area contributed by atoms with Crippen molar-refractivity contribution in [2.45, 2.75) is 77.0 Å². The van der Waals surface area contributed by atoms with Gasteiger partial charge in [0.15, 0.2) is 5.96 Å². The van der Waals surface area contributed by atoms with Crippen molar-refractivity contribution in [3.05, 3.63) is 29.8 Å². The lowest BCUT2D eigenvalue weighted by atomic mass is 10.1. The zero-order chi connectivity index (χ0) is 31.4. The Morgan fingerprint density at radius 1 is 0.881 bits per heavy atom. The lowest BCUT2D eigenvalue weighted by Gasteiger charge is -2.26. The van der Waals surface area contributed by atoms with E-state index in [4.69, 9.17) is 17.2 Å². The number of primary amides is 1. The Hall–Kier alpha value is -4.69.